The van der Waals surface area contributed by atoms with Gasteiger partial charge in [-0.1, -0.05) is 13.8 Å². The van der Waals surface area contributed by atoms with Crippen molar-refractivity contribution in [1.82, 2.24) is 5.32 Å². The van der Waals surface area contributed by atoms with Crippen LogP contribution in [0, 0.1) is 5.41 Å². The summed E-state index contributed by atoms with van der Waals surface area (Å²) in [6.45, 7) is 6.61. The summed E-state index contributed by atoms with van der Waals surface area (Å²) >= 11 is 0. The van der Waals surface area contributed by atoms with Gasteiger partial charge >= 0.3 is 0 Å². The molecule has 82 valence electrons. The Balaban J connectivity index is 1.92. The van der Waals surface area contributed by atoms with Gasteiger partial charge in [0.2, 0.25) is 0 Å². The standard InChI is InChI=1S/C12H23NO/c1-11(2)8-6-9(11)13-10-5-4-7-12(10,3)14/h9-10,13-14H,4-8H2,1-3H3. The van der Waals surface area contributed by atoms with Crippen molar-refractivity contribution in [3.05, 3.63) is 0 Å². The second-order valence-electron chi connectivity index (χ2n) is 6.05. The van der Waals surface area contributed by atoms with E-state index in [1.165, 1.54) is 12.8 Å². The van der Waals surface area contributed by atoms with Crippen LogP contribution < -0.4 is 5.32 Å². The van der Waals surface area contributed by atoms with E-state index in [9.17, 15) is 5.11 Å². The average molecular weight is 197 g/mol. The van der Waals surface area contributed by atoms with Crippen LogP contribution in [0.1, 0.15) is 52.9 Å². The summed E-state index contributed by atoms with van der Waals surface area (Å²) in [5, 5.41) is 13.8. The van der Waals surface area contributed by atoms with E-state index in [1.54, 1.807) is 0 Å². The third kappa shape index (κ3) is 1.70. The first-order valence-electron chi connectivity index (χ1n) is 5.90. The number of rotatable bonds is 2. The molecule has 14 heavy (non-hydrogen) atoms. The molecule has 2 rings (SSSR count). The Kier molecular flexibility index (Phi) is 2.39. The van der Waals surface area contributed by atoms with Crippen LogP contribution in [-0.2, 0) is 0 Å². The third-order valence-corrected chi connectivity index (χ3v) is 4.35. The van der Waals surface area contributed by atoms with Gasteiger partial charge in [-0.2, -0.15) is 0 Å². The van der Waals surface area contributed by atoms with Gasteiger partial charge < -0.3 is 10.4 Å². The highest BCUT2D eigenvalue weighted by Gasteiger charge is 2.44. The minimum absolute atomic E-state index is 0.326. The quantitative estimate of drug-likeness (QED) is 0.710. The van der Waals surface area contributed by atoms with E-state index in [-0.39, 0.29) is 0 Å². The van der Waals surface area contributed by atoms with Gasteiger partial charge in [0.25, 0.3) is 0 Å². The van der Waals surface area contributed by atoms with Crippen molar-refractivity contribution in [2.45, 2.75) is 70.6 Å². The number of aliphatic hydroxyl groups is 1. The summed E-state index contributed by atoms with van der Waals surface area (Å²) in [4.78, 5) is 0. The van der Waals surface area contributed by atoms with Crippen molar-refractivity contribution in [1.29, 1.82) is 0 Å². The second-order valence-corrected chi connectivity index (χ2v) is 6.05. The van der Waals surface area contributed by atoms with Crippen LogP contribution in [0.3, 0.4) is 0 Å². The summed E-state index contributed by atoms with van der Waals surface area (Å²) in [5.41, 5.74) is -0.0235. The maximum absolute atomic E-state index is 10.1. The third-order valence-electron chi connectivity index (χ3n) is 4.35. The molecule has 2 nitrogen and oxygen atoms in total. The van der Waals surface area contributed by atoms with Gasteiger partial charge in [-0.25, -0.2) is 0 Å². The molecule has 0 aliphatic heterocycles. The molecule has 0 saturated heterocycles. The molecule has 0 aromatic heterocycles. The highest BCUT2D eigenvalue weighted by molar-refractivity contribution is 5.01. The van der Waals surface area contributed by atoms with Gasteiger partial charge in [0.15, 0.2) is 0 Å². The number of nitrogens with one attached hydrogen (secondary N) is 1. The van der Waals surface area contributed by atoms with Crippen LogP contribution in [0.2, 0.25) is 0 Å². The zero-order chi connectivity index (χ0) is 10.4. The van der Waals surface area contributed by atoms with E-state index in [4.69, 9.17) is 0 Å². The van der Waals surface area contributed by atoms with Gasteiger partial charge in [0, 0.05) is 12.1 Å². The molecule has 2 aliphatic carbocycles. The van der Waals surface area contributed by atoms with Crippen LogP contribution in [0.25, 0.3) is 0 Å². The number of hydrogen-bond acceptors (Lipinski definition) is 2. The predicted octanol–water partition coefficient (Wildman–Crippen LogP) is 2.07. The molecule has 0 bridgehead atoms. The summed E-state index contributed by atoms with van der Waals surface area (Å²) in [6, 6.07) is 0.948. The highest BCUT2D eigenvalue weighted by atomic mass is 16.3. The zero-order valence-electron chi connectivity index (χ0n) is 9.64. The van der Waals surface area contributed by atoms with Crippen molar-refractivity contribution < 1.29 is 5.11 Å². The molecule has 0 spiro atoms. The molecule has 0 radical (unpaired) electrons. The van der Waals surface area contributed by atoms with Crippen molar-refractivity contribution in [3.8, 4) is 0 Å². The molecule has 3 atom stereocenters. The first-order chi connectivity index (χ1) is 6.42. The highest BCUT2D eigenvalue weighted by Crippen LogP contribution is 2.42. The largest absolute Gasteiger partial charge is 0.389 e. The molecular weight excluding hydrogens is 174 g/mol. The lowest BCUT2D eigenvalue weighted by molar-refractivity contribution is 0.0103. The topological polar surface area (TPSA) is 32.3 Å². The molecule has 2 aliphatic rings. The maximum atomic E-state index is 10.1. The van der Waals surface area contributed by atoms with E-state index in [0.29, 0.717) is 17.5 Å². The summed E-state index contributed by atoms with van der Waals surface area (Å²) in [6.07, 6.45) is 5.86. The van der Waals surface area contributed by atoms with Crippen LogP contribution in [0.4, 0.5) is 0 Å². The molecule has 2 N–H and O–H groups in total. The molecule has 0 heterocycles. The van der Waals surface area contributed by atoms with Crippen molar-refractivity contribution >= 4 is 0 Å². The van der Waals surface area contributed by atoms with Gasteiger partial charge in [-0.15, -0.1) is 0 Å². The zero-order valence-corrected chi connectivity index (χ0v) is 9.64. The van der Waals surface area contributed by atoms with Gasteiger partial charge in [0.05, 0.1) is 5.60 Å². The van der Waals surface area contributed by atoms with E-state index in [1.807, 2.05) is 6.92 Å². The minimum Gasteiger partial charge on any atom is -0.389 e. The molecule has 2 saturated carbocycles. The maximum Gasteiger partial charge on any atom is 0.0772 e. The molecule has 2 fully saturated rings. The molecule has 0 amide bonds. The van der Waals surface area contributed by atoms with Crippen molar-refractivity contribution in [2.75, 3.05) is 0 Å². The van der Waals surface area contributed by atoms with E-state index in [0.717, 1.165) is 19.3 Å². The smallest absolute Gasteiger partial charge is 0.0772 e. The Morgan fingerprint density at radius 3 is 2.14 bits per heavy atom. The SMILES string of the molecule is CC1(C)CCC1NC1CCCC1(C)O. The average Bonchev–Trinajstić information content (AvgIpc) is 2.39. The van der Waals surface area contributed by atoms with E-state index in [2.05, 4.69) is 19.2 Å². The Bertz CT molecular complexity index is 222. The molecule has 0 aromatic carbocycles. The summed E-state index contributed by atoms with van der Waals surface area (Å²) < 4.78 is 0. The predicted molar refractivity (Wildman–Crippen MR) is 58.2 cm³/mol. The van der Waals surface area contributed by atoms with Crippen LogP contribution in [-0.4, -0.2) is 22.8 Å². The lowest BCUT2D eigenvalue weighted by Crippen LogP contribution is -2.57. The second kappa shape index (κ2) is 3.21. The van der Waals surface area contributed by atoms with Gasteiger partial charge in [0.1, 0.15) is 0 Å². The lowest BCUT2D eigenvalue weighted by atomic mass is 9.67. The summed E-state index contributed by atoms with van der Waals surface area (Å²) in [7, 11) is 0. The van der Waals surface area contributed by atoms with Crippen LogP contribution >= 0.6 is 0 Å². The minimum atomic E-state index is -0.467. The summed E-state index contributed by atoms with van der Waals surface area (Å²) in [5.74, 6) is 0. The monoisotopic (exact) mass is 197 g/mol. The molecule has 0 aromatic rings. The van der Waals surface area contributed by atoms with Crippen LogP contribution in [0.15, 0.2) is 0 Å². The molecule has 2 heteroatoms. The fraction of sp³-hybridized carbons (Fsp3) is 1.00. The van der Waals surface area contributed by atoms with Crippen molar-refractivity contribution in [2.24, 2.45) is 5.41 Å². The number of hydrogen-bond donors (Lipinski definition) is 2. The Morgan fingerprint density at radius 1 is 1.07 bits per heavy atom. The molecular formula is C12H23NO. The first-order valence-corrected chi connectivity index (χ1v) is 5.90. The Labute approximate surface area is 87.1 Å². The Morgan fingerprint density at radius 2 is 1.79 bits per heavy atom. The Hall–Kier alpha value is -0.0800. The first kappa shape index (κ1) is 10.4. The van der Waals surface area contributed by atoms with E-state index < -0.39 is 5.60 Å². The lowest BCUT2D eigenvalue weighted by Gasteiger charge is -2.47. The van der Waals surface area contributed by atoms with Gasteiger partial charge in [-0.3, -0.25) is 0 Å². The molecule has 3 unspecified atom stereocenters. The fourth-order valence-electron chi connectivity index (χ4n) is 2.83. The van der Waals surface area contributed by atoms with Crippen molar-refractivity contribution in [3.63, 3.8) is 0 Å². The normalized spacial score (nSPS) is 46.3. The fourth-order valence-corrected chi connectivity index (χ4v) is 2.83. The van der Waals surface area contributed by atoms with Gasteiger partial charge in [-0.05, 0) is 44.4 Å². The van der Waals surface area contributed by atoms with E-state index >= 15 is 0 Å². The van der Waals surface area contributed by atoms with Crippen LogP contribution in [0.5, 0.6) is 0 Å².